The lowest BCUT2D eigenvalue weighted by Gasteiger charge is -2.19. The molecule has 4 heterocycles. The number of nitrogens with two attached hydrogens (primary N) is 1. The average Bonchev–Trinajstić information content (AvgIpc) is 3.16. The highest BCUT2D eigenvalue weighted by atomic mass is 16.1. The quantitative estimate of drug-likeness (QED) is 0.561. The van der Waals surface area contributed by atoms with Gasteiger partial charge in [0.1, 0.15) is 5.82 Å². The number of anilines is 1. The van der Waals surface area contributed by atoms with Crippen LogP contribution in [0.25, 0.3) is 11.1 Å². The van der Waals surface area contributed by atoms with E-state index in [4.69, 9.17) is 5.73 Å². The van der Waals surface area contributed by atoms with Crippen LogP contribution < -0.4 is 11.1 Å². The molecule has 156 valence electrons. The Morgan fingerprint density at radius 1 is 1.30 bits per heavy atom. The number of carbonyl (C=O) groups excluding carboxylic acids is 1. The Labute approximate surface area is 176 Å². The molecule has 0 spiro atoms. The van der Waals surface area contributed by atoms with Crippen molar-refractivity contribution in [2.75, 3.05) is 38.5 Å². The van der Waals surface area contributed by atoms with Crippen LogP contribution in [0.4, 0.5) is 5.82 Å². The molecule has 3 aromatic heterocycles. The highest BCUT2D eigenvalue weighted by Gasteiger charge is 2.18. The van der Waals surface area contributed by atoms with Gasteiger partial charge in [0.25, 0.3) is 0 Å². The van der Waals surface area contributed by atoms with Crippen molar-refractivity contribution in [3.05, 3.63) is 65.1 Å². The molecule has 0 unspecified atom stereocenters. The number of hydrogen-bond acceptors (Lipinski definition) is 6. The number of aryl methyl sites for hydroxylation is 1. The summed E-state index contributed by atoms with van der Waals surface area (Å²) in [5.41, 5.74) is 11.5. The Balaban J connectivity index is 1.59. The Hall–Kier alpha value is -3.03. The molecule has 0 fully saturated rings. The number of likely N-dealkylation sites (N-methyl/N-ethyl adjacent to an activating group) is 1. The highest BCUT2D eigenvalue weighted by molar-refractivity contribution is 6.02. The summed E-state index contributed by atoms with van der Waals surface area (Å²) >= 11 is 0. The predicted molar refractivity (Wildman–Crippen MR) is 120 cm³/mol. The monoisotopic (exact) mass is 404 g/mol. The average molecular weight is 405 g/mol. The first kappa shape index (κ1) is 20.3. The Morgan fingerprint density at radius 2 is 2.17 bits per heavy atom. The summed E-state index contributed by atoms with van der Waals surface area (Å²) in [4.78, 5) is 19.5. The molecule has 3 aromatic rings. The normalized spacial score (nSPS) is 13.3. The second-order valence-corrected chi connectivity index (χ2v) is 7.83. The molecule has 0 atom stereocenters. The minimum atomic E-state index is 0.125. The number of rotatable bonds is 8. The summed E-state index contributed by atoms with van der Waals surface area (Å²) in [6, 6.07) is 6.24. The molecule has 0 radical (unpaired) electrons. The molecule has 7 nitrogen and oxygen atoms in total. The van der Waals surface area contributed by atoms with Crippen molar-refractivity contribution < 1.29 is 4.79 Å². The summed E-state index contributed by atoms with van der Waals surface area (Å²) in [7, 11) is 2.03. The number of carbonyl (C=O) groups is 1. The van der Waals surface area contributed by atoms with Crippen molar-refractivity contribution in [1.29, 1.82) is 0 Å². The van der Waals surface area contributed by atoms with Crippen molar-refractivity contribution in [3.63, 3.8) is 0 Å². The molecule has 0 amide bonds. The molecule has 7 heteroatoms. The van der Waals surface area contributed by atoms with E-state index in [-0.39, 0.29) is 5.78 Å². The molecule has 0 aromatic carbocycles. The summed E-state index contributed by atoms with van der Waals surface area (Å²) in [6.07, 6.45) is 8.95. The SMILES string of the molecule is Cc1cnc2c(c1)C(c1ccn3ncc(C(=O)CCCN(C)CCN)c3c1)=CCN2. The molecule has 3 N–H and O–H groups in total. The number of nitrogens with zero attached hydrogens (tertiary/aromatic N) is 4. The fraction of sp³-hybridized carbons (Fsp3) is 0.348. The van der Waals surface area contributed by atoms with Crippen LogP contribution in [0.5, 0.6) is 0 Å². The lowest BCUT2D eigenvalue weighted by atomic mass is 9.95. The van der Waals surface area contributed by atoms with Crippen LogP contribution in [0, 0.1) is 6.92 Å². The Kier molecular flexibility index (Phi) is 5.92. The van der Waals surface area contributed by atoms with Gasteiger partial charge in [-0.3, -0.25) is 4.79 Å². The van der Waals surface area contributed by atoms with Crippen molar-refractivity contribution in [3.8, 4) is 0 Å². The number of aromatic nitrogens is 3. The maximum Gasteiger partial charge on any atom is 0.166 e. The number of nitrogens with one attached hydrogen (secondary N) is 1. The molecule has 4 rings (SSSR count). The van der Waals surface area contributed by atoms with Gasteiger partial charge in [0.15, 0.2) is 5.78 Å². The maximum absolute atomic E-state index is 12.9. The first-order chi connectivity index (χ1) is 14.6. The molecular weight excluding hydrogens is 376 g/mol. The van der Waals surface area contributed by atoms with E-state index in [9.17, 15) is 4.79 Å². The largest absolute Gasteiger partial charge is 0.366 e. The van der Waals surface area contributed by atoms with E-state index < -0.39 is 0 Å². The zero-order valence-electron chi connectivity index (χ0n) is 17.6. The molecule has 30 heavy (non-hydrogen) atoms. The second kappa shape index (κ2) is 8.77. The molecule has 0 bridgehead atoms. The molecule has 0 saturated carbocycles. The molecule has 1 aliphatic rings. The van der Waals surface area contributed by atoms with E-state index >= 15 is 0 Å². The first-order valence-electron chi connectivity index (χ1n) is 10.4. The van der Waals surface area contributed by atoms with E-state index in [0.717, 1.165) is 59.7 Å². The van der Waals surface area contributed by atoms with E-state index in [0.29, 0.717) is 18.5 Å². The van der Waals surface area contributed by atoms with Crippen molar-refractivity contribution in [2.45, 2.75) is 19.8 Å². The van der Waals surface area contributed by atoms with Gasteiger partial charge < -0.3 is 16.0 Å². The maximum atomic E-state index is 12.9. The third kappa shape index (κ3) is 4.13. The van der Waals surface area contributed by atoms with Gasteiger partial charge in [0, 0.05) is 44.0 Å². The van der Waals surface area contributed by atoms with E-state index in [1.54, 1.807) is 10.7 Å². The number of ketones is 1. The Morgan fingerprint density at radius 3 is 3.00 bits per heavy atom. The minimum Gasteiger partial charge on any atom is -0.366 e. The van der Waals surface area contributed by atoms with Gasteiger partial charge in [-0.1, -0.05) is 6.08 Å². The van der Waals surface area contributed by atoms with E-state index in [2.05, 4.69) is 38.5 Å². The summed E-state index contributed by atoms with van der Waals surface area (Å²) < 4.78 is 1.77. The number of pyridine rings is 2. The van der Waals surface area contributed by atoms with Gasteiger partial charge in [0.2, 0.25) is 0 Å². The van der Waals surface area contributed by atoms with Crippen LogP contribution in [0.1, 0.15) is 39.9 Å². The minimum absolute atomic E-state index is 0.125. The zero-order valence-corrected chi connectivity index (χ0v) is 17.6. The molecule has 0 saturated heterocycles. The smallest absolute Gasteiger partial charge is 0.166 e. The van der Waals surface area contributed by atoms with Gasteiger partial charge in [0.05, 0.1) is 17.3 Å². The van der Waals surface area contributed by atoms with Crippen LogP contribution in [0.2, 0.25) is 0 Å². The summed E-state index contributed by atoms with van der Waals surface area (Å²) in [5.74, 6) is 1.02. The second-order valence-electron chi connectivity index (χ2n) is 7.83. The van der Waals surface area contributed by atoms with Gasteiger partial charge in [-0.25, -0.2) is 9.50 Å². The van der Waals surface area contributed by atoms with Crippen LogP contribution in [-0.4, -0.2) is 58.5 Å². The predicted octanol–water partition coefficient (Wildman–Crippen LogP) is 2.75. The summed E-state index contributed by atoms with van der Waals surface area (Å²) in [6.45, 7) is 5.10. The molecular formula is C23H28N6O. The lowest BCUT2D eigenvalue weighted by Crippen LogP contribution is -2.26. The first-order valence-corrected chi connectivity index (χ1v) is 10.4. The topological polar surface area (TPSA) is 88.6 Å². The van der Waals surface area contributed by atoms with Gasteiger partial charge in [-0.05, 0) is 61.8 Å². The zero-order chi connectivity index (χ0) is 21.1. The Bertz CT molecular complexity index is 1100. The highest BCUT2D eigenvalue weighted by Crippen LogP contribution is 2.32. The fourth-order valence-electron chi connectivity index (χ4n) is 3.89. The van der Waals surface area contributed by atoms with Gasteiger partial charge >= 0.3 is 0 Å². The number of Topliss-reactive ketones (excluding diaryl/α,β-unsaturated/α-hetero) is 1. The molecule has 1 aliphatic heterocycles. The fourth-order valence-corrected chi connectivity index (χ4v) is 3.89. The number of fused-ring (bicyclic) bond motifs is 2. The number of hydrogen-bond donors (Lipinski definition) is 2. The van der Waals surface area contributed by atoms with Crippen molar-refractivity contribution in [2.24, 2.45) is 5.73 Å². The van der Waals surface area contributed by atoms with E-state index in [1.807, 2.05) is 32.4 Å². The van der Waals surface area contributed by atoms with Crippen LogP contribution in [0.15, 0.2) is 42.9 Å². The third-order valence-corrected chi connectivity index (χ3v) is 5.48. The molecule has 0 aliphatic carbocycles. The van der Waals surface area contributed by atoms with Crippen LogP contribution in [0.3, 0.4) is 0 Å². The van der Waals surface area contributed by atoms with Crippen molar-refractivity contribution >= 4 is 22.7 Å². The summed E-state index contributed by atoms with van der Waals surface area (Å²) in [5, 5.41) is 7.70. The van der Waals surface area contributed by atoms with Gasteiger partial charge in [-0.2, -0.15) is 5.10 Å². The standard InChI is InChI=1S/C23H28N6O/c1-16-12-19-18(5-8-25-23(19)26-14-16)17-6-10-29-21(13-17)20(15-27-29)22(30)4-3-9-28(2)11-7-24/h5-6,10,12-15H,3-4,7-9,11,24H2,1-2H3,(H,25,26). The van der Waals surface area contributed by atoms with Crippen LogP contribution >= 0.6 is 0 Å². The lowest BCUT2D eigenvalue weighted by molar-refractivity contribution is 0.0978. The third-order valence-electron chi connectivity index (χ3n) is 5.48. The van der Waals surface area contributed by atoms with E-state index in [1.165, 1.54) is 0 Å². The van der Waals surface area contributed by atoms with Crippen molar-refractivity contribution in [1.82, 2.24) is 19.5 Å². The van der Waals surface area contributed by atoms with Crippen LogP contribution in [-0.2, 0) is 0 Å². The van der Waals surface area contributed by atoms with Gasteiger partial charge in [-0.15, -0.1) is 0 Å².